The van der Waals surface area contributed by atoms with E-state index in [1.165, 1.54) is 12.4 Å². The summed E-state index contributed by atoms with van der Waals surface area (Å²) in [4.78, 5) is 34.5. The summed E-state index contributed by atoms with van der Waals surface area (Å²) in [6.45, 7) is 2.22. The minimum Gasteiger partial charge on any atom is -0.346 e. The zero-order chi connectivity index (χ0) is 24.8. The lowest BCUT2D eigenvalue weighted by atomic mass is 10.1. The van der Waals surface area contributed by atoms with Gasteiger partial charge in [-0.2, -0.15) is 16.4 Å². The summed E-state index contributed by atoms with van der Waals surface area (Å²) in [6.07, 6.45) is 1.21. The Balaban J connectivity index is 1.38. The minimum atomic E-state index is -0.415. The van der Waals surface area contributed by atoms with Crippen molar-refractivity contribution in [3.8, 4) is 0 Å². The van der Waals surface area contributed by atoms with Gasteiger partial charge in [-0.15, -0.1) is 11.3 Å². The van der Waals surface area contributed by atoms with E-state index in [-0.39, 0.29) is 23.3 Å². The third-order valence-electron chi connectivity index (χ3n) is 5.37. The average Bonchev–Trinajstić information content (AvgIpc) is 3.31. The molecule has 11 heteroatoms. The first kappa shape index (κ1) is 23.8. The summed E-state index contributed by atoms with van der Waals surface area (Å²) in [5.41, 5.74) is 4.33. The van der Waals surface area contributed by atoms with Crippen LogP contribution in [0.5, 0.6) is 0 Å². The highest BCUT2D eigenvalue weighted by molar-refractivity contribution is 7.19. The van der Waals surface area contributed by atoms with Crippen LogP contribution < -0.4 is 32.8 Å². The van der Waals surface area contributed by atoms with Crippen molar-refractivity contribution < 1.29 is 14.7 Å². The summed E-state index contributed by atoms with van der Waals surface area (Å²) in [6, 6.07) is 18.5. The molecule has 2 aromatic carbocycles. The zero-order valence-electron chi connectivity index (χ0n) is 18.9. The molecule has 2 aromatic heterocycles. The second-order valence-electron chi connectivity index (χ2n) is 7.70. The molecule has 0 aliphatic rings. The molecule has 0 saturated heterocycles. The van der Waals surface area contributed by atoms with Gasteiger partial charge in [0.05, 0.1) is 18.2 Å². The third kappa shape index (κ3) is 5.60. The van der Waals surface area contributed by atoms with Gasteiger partial charge in [0.15, 0.2) is 0 Å². The summed E-state index contributed by atoms with van der Waals surface area (Å²) in [5.74, 6) is 10.5. The van der Waals surface area contributed by atoms with Crippen molar-refractivity contribution in [3.63, 3.8) is 0 Å². The fraction of sp³-hybridized carbons (Fsp3) is 0.125. The maximum absolute atomic E-state index is 12.8. The van der Waals surface area contributed by atoms with E-state index >= 15 is 0 Å². The average molecular weight is 490 g/mol. The van der Waals surface area contributed by atoms with Gasteiger partial charge in [-0.05, 0) is 42.1 Å². The first-order valence-electron chi connectivity index (χ1n) is 10.8. The molecule has 0 aliphatic heterocycles. The fourth-order valence-corrected chi connectivity index (χ4v) is 4.49. The number of thiophene rings is 1. The van der Waals surface area contributed by atoms with Crippen molar-refractivity contribution in [1.82, 2.24) is 26.0 Å². The number of amidine groups is 1. The number of carbonyl (C=O) groups is 2. The summed E-state index contributed by atoms with van der Waals surface area (Å²) >= 11 is 1.62. The molecule has 10 nitrogen and oxygen atoms in total. The van der Waals surface area contributed by atoms with Gasteiger partial charge in [0, 0.05) is 15.6 Å². The van der Waals surface area contributed by atoms with Crippen LogP contribution in [0.3, 0.4) is 0 Å². The number of hydrogen-bond acceptors (Lipinski definition) is 7. The van der Waals surface area contributed by atoms with Gasteiger partial charge < -0.3 is 10.6 Å². The highest BCUT2D eigenvalue weighted by Crippen LogP contribution is 2.25. The lowest BCUT2D eigenvalue weighted by Gasteiger charge is -2.14. The van der Waals surface area contributed by atoms with E-state index in [1.54, 1.807) is 11.3 Å². The van der Waals surface area contributed by atoms with E-state index in [0.29, 0.717) is 12.4 Å². The number of nitrogens with two attached hydrogens (primary N) is 2. The van der Waals surface area contributed by atoms with Crippen molar-refractivity contribution >= 4 is 39.1 Å². The van der Waals surface area contributed by atoms with Gasteiger partial charge in [0.2, 0.25) is 0 Å². The Bertz CT molecular complexity index is 1350. The number of carbonyl (C=O) groups excluding carboxylic acids is 2. The standard InChI is InChI=1S/C24H24N8O2S/c1-14(15-6-8-16(9-7-15)22(31-25)32-26)30-24(34)20-11-19(28-13-29-20)23(33)27-12-18-10-17-4-2-3-5-21(17)35-18/h2-11,13-14H,12,25-26H2,1H3,(H,27,33)(H,30,34)(H,31,32)/p+1/t14-/m0/s1. The smallest absolute Gasteiger partial charge is 0.315 e. The molecule has 2 amide bonds. The Labute approximate surface area is 205 Å². The molecule has 0 fully saturated rings. The number of aromatic nitrogens is 2. The van der Waals surface area contributed by atoms with E-state index < -0.39 is 5.91 Å². The molecule has 4 aromatic rings. The molecule has 4 rings (SSSR count). The van der Waals surface area contributed by atoms with Crippen LogP contribution in [0.1, 0.15) is 49.9 Å². The number of nitrogens with zero attached hydrogens (tertiary/aromatic N) is 2. The van der Waals surface area contributed by atoms with Crippen LogP contribution in [0.15, 0.2) is 67.0 Å². The molecule has 178 valence electrons. The molecule has 2 heterocycles. The Hall–Kier alpha value is -4.35. The van der Waals surface area contributed by atoms with E-state index in [4.69, 9.17) is 11.7 Å². The van der Waals surface area contributed by atoms with Crippen LogP contribution in [0.4, 0.5) is 0 Å². The van der Waals surface area contributed by atoms with E-state index in [1.807, 2.05) is 61.5 Å². The molecule has 0 spiro atoms. The maximum atomic E-state index is 12.8. The van der Waals surface area contributed by atoms with E-state index in [0.717, 1.165) is 26.1 Å². The summed E-state index contributed by atoms with van der Waals surface area (Å²) in [7, 11) is 0. The monoisotopic (exact) mass is 489 g/mol. The lowest BCUT2D eigenvalue weighted by molar-refractivity contribution is -0.471. The number of fused-ring (bicyclic) bond motifs is 1. The Kier molecular flexibility index (Phi) is 7.29. The lowest BCUT2D eigenvalue weighted by Crippen LogP contribution is -2.83. The molecule has 0 radical (unpaired) electrons. The van der Waals surface area contributed by atoms with Gasteiger partial charge in [0.25, 0.3) is 11.8 Å². The number of nitrogens with one attached hydrogen (secondary N) is 4. The predicted octanol–water partition coefficient (Wildman–Crippen LogP) is 0.277. The molecular formula is C24H25N8O2S+. The van der Waals surface area contributed by atoms with Crippen LogP contribution in [0, 0.1) is 0 Å². The number of benzene rings is 2. The van der Waals surface area contributed by atoms with Crippen LogP contribution in [0.25, 0.3) is 10.1 Å². The Morgan fingerprint density at radius 3 is 2.43 bits per heavy atom. The largest absolute Gasteiger partial charge is 0.346 e. The topological polar surface area (TPSA) is 162 Å². The predicted molar refractivity (Wildman–Crippen MR) is 134 cm³/mol. The van der Waals surface area contributed by atoms with Crippen molar-refractivity contribution in [2.45, 2.75) is 19.5 Å². The molecule has 0 bridgehead atoms. The van der Waals surface area contributed by atoms with Crippen molar-refractivity contribution in [3.05, 3.63) is 94.4 Å². The zero-order valence-corrected chi connectivity index (χ0v) is 19.7. The van der Waals surface area contributed by atoms with Gasteiger partial charge in [-0.3, -0.25) is 15.4 Å². The molecule has 0 aliphatic carbocycles. The Morgan fingerprint density at radius 1 is 1.03 bits per heavy atom. The fourth-order valence-electron chi connectivity index (χ4n) is 3.49. The van der Waals surface area contributed by atoms with Gasteiger partial charge in [-0.25, -0.2) is 9.97 Å². The quantitative estimate of drug-likeness (QED) is 0.0940. The van der Waals surface area contributed by atoms with Crippen molar-refractivity contribution in [1.29, 1.82) is 0 Å². The number of amides is 2. The van der Waals surface area contributed by atoms with Gasteiger partial charge >= 0.3 is 5.84 Å². The van der Waals surface area contributed by atoms with Crippen molar-refractivity contribution in [2.24, 2.45) is 11.7 Å². The third-order valence-corrected chi connectivity index (χ3v) is 6.48. The summed E-state index contributed by atoms with van der Waals surface area (Å²) < 4.78 is 1.16. The number of rotatable bonds is 7. The van der Waals surface area contributed by atoms with E-state index in [2.05, 4.69) is 31.1 Å². The van der Waals surface area contributed by atoms with Crippen LogP contribution in [0.2, 0.25) is 0 Å². The van der Waals surface area contributed by atoms with Crippen LogP contribution >= 0.6 is 11.3 Å². The minimum absolute atomic E-state index is 0.103. The highest BCUT2D eigenvalue weighted by Gasteiger charge is 2.17. The number of hydrazine groups is 2. The molecule has 0 unspecified atom stereocenters. The molecular weight excluding hydrogens is 464 g/mol. The number of hydrazone groups is 1. The van der Waals surface area contributed by atoms with E-state index in [9.17, 15) is 9.59 Å². The SMILES string of the molecule is C[C@H](NC(=O)c1cc(C(=O)NCc2cc3ccccc3s2)ncn1)c1ccc(/C(NN)=[NH+]/N)cc1. The number of hydrogen-bond donors (Lipinski definition) is 6. The first-order chi connectivity index (χ1) is 17.0. The second-order valence-corrected chi connectivity index (χ2v) is 8.87. The van der Waals surface area contributed by atoms with Gasteiger partial charge in [0.1, 0.15) is 17.7 Å². The molecule has 0 saturated carbocycles. The second kappa shape index (κ2) is 10.7. The molecule has 35 heavy (non-hydrogen) atoms. The first-order valence-corrected chi connectivity index (χ1v) is 11.6. The molecule has 8 N–H and O–H groups in total. The van der Waals surface area contributed by atoms with Crippen molar-refractivity contribution in [2.75, 3.05) is 0 Å². The summed E-state index contributed by atoms with van der Waals surface area (Å²) in [5, 5.41) is 9.34. The molecule has 1 atom stereocenters. The van der Waals surface area contributed by atoms with Crippen LogP contribution in [-0.4, -0.2) is 27.6 Å². The van der Waals surface area contributed by atoms with Crippen LogP contribution in [-0.2, 0) is 6.54 Å². The Morgan fingerprint density at radius 2 is 1.74 bits per heavy atom. The highest BCUT2D eigenvalue weighted by atomic mass is 32.1. The maximum Gasteiger partial charge on any atom is 0.315 e. The normalized spacial score (nSPS) is 12.2. The van der Waals surface area contributed by atoms with Gasteiger partial charge in [-0.1, -0.05) is 30.3 Å².